The molecule has 0 heterocycles. The third kappa shape index (κ3) is 0.797. The molecule has 2 bridgehead atoms. The summed E-state index contributed by atoms with van der Waals surface area (Å²) in [5, 5.41) is 0.633. The van der Waals surface area contributed by atoms with Crippen molar-refractivity contribution in [1.82, 2.24) is 0 Å². The first kappa shape index (κ1) is 9.38. The van der Waals surface area contributed by atoms with E-state index in [9.17, 15) is 9.59 Å². The molecule has 13 heavy (non-hydrogen) atoms. The van der Waals surface area contributed by atoms with Gasteiger partial charge < -0.3 is 0 Å². The van der Waals surface area contributed by atoms with Crippen molar-refractivity contribution in [3.05, 3.63) is 0 Å². The van der Waals surface area contributed by atoms with Crippen molar-refractivity contribution in [2.24, 2.45) is 16.7 Å². The Bertz CT molecular complexity index is 295. The zero-order valence-corrected chi connectivity index (χ0v) is 9.48. The van der Waals surface area contributed by atoms with Gasteiger partial charge in [0.15, 0.2) is 0 Å². The molecule has 0 aromatic carbocycles. The van der Waals surface area contributed by atoms with Gasteiger partial charge in [-0.1, -0.05) is 29.8 Å². The Labute approximate surface area is 86.2 Å². The number of hydrogen-bond donors (Lipinski definition) is 0. The van der Waals surface area contributed by atoms with Gasteiger partial charge in [-0.2, -0.15) is 0 Å². The third-order valence-electron chi connectivity index (χ3n) is 4.17. The average Bonchev–Trinajstić information content (AvgIpc) is 2.41. The van der Waals surface area contributed by atoms with E-state index >= 15 is 0 Å². The molecule has 2 rings (SSSR count). The van der Waals surface area contributed by atoms with Crippen molar-refractivity contribution in [2.75, 3.05) is 5.33 Å². The van der Waals surface area contributed by atoms with Crippen LogP contribution in [0.15, 0.2) is 0 Å². The molecule has 0 aliphatic heterocycles. The molecular weight excluding hydrogens is 232 g/mol. The van der Waals surface area contributed by atoms with Crippen LogP contribution in [0.5, 0.6) is 0 Å². The normalized spacial score (nSPS) is 41.6. The van der Waals surface area contributed by atoms with Crippen molar-refractivity contribution in [2.45, 2.75) is 26.7 Å². The Morgan fingerprint density at radius 3 is 2.38 bits per heavy atom. The van der Waals surface area contributed by atoms with Gasteiger partial charge in [-0.25, -0.2) is 0 Å². The summed E-state index contributed by atoms with van der Waals surface area (Å²) in [7, 11) is 0. The van der Waals surface area contributed by atoms with Crippen molar-refractivity contribution in [3.63, 3.8) is 0 Å². The Balaban J connectivity index is 2.56. The van der Waals surface area contributed by atoms with Crippen LogP contribution in [-0.2, 0) is 9.59 Å². The molecule has 0 unspecified atom stereocenters. The molecule has 2 saturated carbocycles. The van der Waals surface area contributed by atoms with Crippen LogP contribution in [0.25, 0.3) is 0 Å². The molecule has 2 nitrogen and oxygen atoms in total. The minimum Gasteiger partial charge on any atom is -0.291 e. The quantitative estimate of drug-likeness (QED) is 0.522. The minimum absolute atomic E-state index is 0.0162. The first-order valence-electron chi connectivity index (χ1n) is 4.62. The monoisotopic (exact) mass is 244 g/mol. The van der Waals surface area contributed by atoms with E-state index in [0.717, 1.165) is 12.8 Å². The van der Waals surface area contributed by atoms with Gasteiger partial charge in [-0.05, 0) is 18.3 Å². The van der Waals surface area contributed by atoms with Gasteiger partial charge in [-0.3, -0.25) is 9.59 Å². The van der Waals surface area contributed by atoms with E-state index in [0.29, 0.717) is 5.33 Å². The number of alkyl halides is 1. The maximum Gasteiger partial charge on any atom is 0.206 e. The van der Waals surface area contributed by atoms with Gasteiger partial charge in [0.25, 0.3) is 0 Å². The fourth-order valence-electron chi connectivity index (χ4n) is 2.97. The lowest BCUT2D eigenvalue weighted by atomic mass is 9.70. The summed E-state index contributed by atoms with van der Waals surface area (Å²) >= 11 is 3.39. The number of hydrogen-bond acceptors (Lipinski definition) is 2. The Hall–Kier alpha value is -0.180. The Morgan fingerprint density at radius 2 is 2.08 bits per heavy atom. The molecule has 2 aliphatic carbocycles. The molecule has 0 aromatic heterocycles. The van der Waals surface area contributed by atoms with Crippen LogP contribution in [0.3, 0.4) is 0 Å². The number of rotatable bonds is 1. The van der Waals surface area contributed by atoms with Gasteiger partial charge >= 0.3 is 0 Å². The molecule has 3 heteroatoms. The van der Waals surface area contributed by atoms with Gasteiger partial charge in [-0.15, -0.1) is 0 Å². The fourth-order valence-corrected chi connectivity index (χ4v) is 4.22. The van der Waals surface area contributed by atoms with Crippen molar-refractivity contribution >= 4 is 27.5 Å². The summed E-state index contributed by atoms with van der Waals surface area (Å²) in [5.41, 5.74) is -0.528. The average molecular weight is 245 g/mol. The first-order chi connectivity index (χ1) is 5.97. The summed E-state index contributed by atoms with van der Waals surface area (Å²) in [4.78, 5) is 23.3. The first-order valence-corrected chi connectivity index (χ1v) is 5.74. The maximum atomic E-state index is 11.8. The van der Waals surface area contributed by atoms with E-state index in [1.165, 1.54) is 0 Å². The number of carbonyl (C=O) groups excluding carboxylic acids is 2. The molecular formula is C10H13BrO2. The molecule has 0 aromatic rings. The topological polar surface area (TPSA) is 34.1 Å². The lowest BCUT2D eigenvalue weighted by molar-refractivity contribution is -0.141. The number of ketones is 2. The standard InChI is InChI=1S/C10H13BrO2/c1-9(2)6-3-4-10(9,5-11)8(13)7(6)12/h6H,3-5H2,1-2H3/t6-,10-/m1/s1. The fraction of sp³-hybridized carbons (Fsp3) is 0.800. The summed E-state index contributed by atoms with van der Waals surface area (Å²) in [6, 6.07) is 0. The SMILES string of the molecule is CC1(C)[C@@H]2CC[C@@]1(CBr)C(=O)C2=O. The van der Waals surface area contributed by atoms with Crippen LogP contribution >= 0.6 is 15.9 Å². The van der Waals surface area contributed by atoms with Crippen LogP contribution in [0.1, 0.15) is 26.7 Å². The minimum atomic E-state index is -0.394. The number of halogens is 1. The maximum absolute atomic E-state index is 11.8. The molecule has 0 spiro atoms. The van der Waals surface area contributed by atoms with Gasteiger partial charge in [0.05, 0.1) is 5.41 Å². The second-order valence-corrected chi connectivity index (χ2v) is 5.28. The zero-order chi connectivity index (χ0) is 9.85. The zero-order valence-electron chi connectivity index (χ0n) is 7.89. The highest BCUT2D eigenvalue weighted by molar-refractivity contribution is 9.09. The summed E-state index contributed by atoms with van der Waals surface area (Å²) in [6.45, 7) is 4.10. The Kier molecular flexibility index (Phi) is 1.76. The molecule has 2 fully saturated rings. The highest BCUT2D eigenvalue weighted by atomic mass is 79.9. The van der Waals surface area contributed by atoms with Gasteiger partial charge in [0.2, 0.25) is 11.6 Å². The molecule has 0 amide bonds. The predicted molar refractivity (Wildman–Crippen MR) is 52.7 cm³/mol. The molecule has 2 atom stereocenters. The van der Waals surface area contributed by atoms with E-state index < -0.39 is 5.41 Å². The van der Waals surface area contributed by atoms with E-state index in [1.54, 1.807) is 0 Å². The summed E-state index contributed by atoms with van der Waals surface area (Å²) in [5.74, 6) is -0.279. The Morgan fingerprint density at radius 1 is 1.46 bits per heavy atom. The summed E-state index contributed by atoms with van der Waals surface area (Å²) in [6.07, 6.45) is 1.77. The highest BCUT2D eigenvalue weighted by Crippen LogP contribution is 2.62. The van der Waals surface area contributed by atoms with E-state index in [2.05, 4.69) is 29.8 Å². The second kappa shape index (κ2) is 2.44. The van der Waals surface area contributed by atoms with Crippen molar-refractivity contribution < 1.29 is 9.59 Å². The number of carbonyl (C=O) groups is 2. The molecule has 72 valence electrons. The smallest absolute Gasteiger partial charge is 0.206 e. The lowest BCUT2D eigenvalue weighted by Gasteiger charge is -2.33. The van der Waals surface area contributed by atoms with Crippen LogP contribution in [0.2, 0.25) is 0 Å². The predicted octanol–water partition coefficient (Wildman–Crippen LogP) is 1.96. The van der Waals surface area contributed by atoms with Crippen molar-refractivity contribution in [1.29, 1.82) is 0 Å². The number of fused-ring (bicyclic) bond motifs is 2. The van der Waals surface area contributed by atoms with E-state index in [4.69, 9.17) is 0 Å². The summed E-state index contributed by atoms with van der Waals surface area (Å²) < 4.78 is 0. The van der Waals surface area contributed by atoms with E-state index in [-0.39, 0.29) is 22.9 Å². The third-order valence-corrected chi connectivity index (χ3v) is 5.12. The van der Waals surface area contributed by atoms with Crippen LogP contribution in [0, 0.1) is 16.7 Å². The van der Waals surface area contributed by atoms with Crippen LogP contribution < -0.4 is 0 Å². The number of Topliss-reactive ketones (excluding diaryl/α,β-unsaturated/α-hetero) is 2. The van der Waals surface area contributed by atoms with Crippen LogP contribution in [-0.4, -0.2) is 16.9 Å². The van der Waals surface area contributed by atoms with Crippen LogP contribution in [0.4, 0.5) is 0 Å². The molecule has 0 saturated heterocycles. The van der Waals surface area contributed by atoms with E-state index in [1.807, 2.05) is 0 Å². The molecule has 2 aliphatic rings. The largest absolute Gasteiger partial charge is 0.291 e. The second-order valence-electron chi connectivity index (χ2n) is 4.72. The molecule has 0 N–H and O–H groups in total. The van der Waals surface area contributed by atoms with Crippen molar-refractivity contribution in [3.8, 4) is 0 Å². The van der Waals surface area contributed by atoms with Gasteiger partial charge in [0.1, 0.15) is 0 Å². The molecule has 0 radical (unpaired) electrons. The van der Waals surface area contributed by atoms with Gasteiger partial charge in [0, 0.05) is 11.2 Å². The highest BCUT2D eigenvalue weighted by Gasteiger charge is 2.68. The lowest BCUT2D eigenvalue weighted by Crippen LogP contribution is -2.38.